The number of benzene rings is 2. The molecule has 0 bridgehead atoms. The zero-order valence-electron chi connectivity index (χ0n) is 21.0. The van der Waals surface area contributed by atoms with Gasteiger partial charge in [0.2, 0.25) is 0 Å². The summed E-state index contributed by atoms with van der Waals surface area (Å²) in [6, 6.07) is 15.8. The lowest BCUT2D eigenvalue weighted by atomic mass is 9.85. The number of nitrogens with one attached hydrogen (secondary N) is 1. The smallest absolute Gasteiger partial charge is 0.255 e. The lowest BCUT2D eigenvalue weighted by Gasteiger charge is -2.20. The number of carbonyl (C=O) groups is 1. The molecule has 2 aromatic carbocycles. The van der Waals surface area contributed by atoms with Crippen LogP contribution < -0.4 is 5.32 Å². The Morgan fingerprint density at radius 1 is 1.11 bits per heavy atom. The van der Waals surface area contributed by atoms with Crippen LogP contribution >= 0.6 is 0 Å². The van der Waals surface area contributed by atoms with E-state index < -0.39 is 11.7 Å². The van der Waals surface area contributed by atoms with Crippen LogP contribution in [0.4, 0.5) is 10.1 Å². The Balaban J connectivity index is 1.56. The molecule has 0 fully saturated rings. The highest BCUT2D eigenvalue weighted by Crippen LogP contribution is 2.29. The third-order valence-electron chi connectivity index (χ3n) is 6.27. The fourth-order valence-electron chi connectivity index (χ4n) is 4.26. The summed E-state index contributed by atoms with van der Waals surface area (Å²) in [5.41, 5.74) is 5.08. The third-order valence-corrected chi connectivity index (χ3v) is 6.27. The van der Waals surface area contributed by atoms with E-state index in [9.17, 15) is 10.1 Å². The number of carbonyl (C=O) groups excluding carboxylic acids is 1. The number of halogens is 1. The fourth-order valence-corrected chi connectivity index (χ4v) is 4.26. The molecule has 184 valence electrons. The van der Waals surface area contributed by atoms with Crippen LogP contribution in [-0.2, 0) is 5.41 Å². The summed E-state index contributed by atoms with van der Waals surface area (Å²) in [6.07, 6.45) is 7.07. The monoisotopic (exact) mass is 492 g/mol. The molecule has 0 radical (unpaired) electrons. The second-order valence-electron chi connectivity index (χ2n) is 9.95. The van der Waals surface area contributed by atoms with Gasteiger partial charge in [-0.2, -0.15) is 5.26 Å². The van der Waals surface area contributed by atoms with Crippen molar-refractivity contribution in [2.45, 2.75) is 33.1 Å². The minimum Gasteiger partial charge on any atom is -0.319 e. The van der Waals surface area contributed by atoms with Crippen molar-refractivity contribution in [1.82, 2.24) is 19.2 Å². The van der Waals surface area contributed by atoms with E-state index in [2.05, 4.69) is 21.4 Å². The van der Waals surface area contributed by atoms with Gasteiger partial charge in [0.25, 0.3) is 5.91 Å². The number of nitrogens with zero attached hydrogens (tertiary/aromatic N) is 5. The Bertz CT molecular complexity index is 1690. The van der Waals surface area contributed by atoms with Gasteiger partial charge in [0.15, 0.2) is 5.65 Å². The number of fused-ring (bicyclic) bond motifs is 1. The topological polar surface area (TPSA) is 88.0 Å². The number of rotatable bonds is 4. The van der Waals surface area contributed by atoms with Gasteiger partial charge in [0, 0.05) is 35.8 Å². The molecular weight excluding hydrogens is 467 g/mol. The molecule has 0 aliphatic heterocycles. The van der Waals surface area contributed by atoms with Crippen LogP contribution in [0.3, 0.4) is 0 Å². The van der Waals surface area contributed by atoms with E-state index in [-0.39, 0.29) is 11.1 Å². The molecule has 0 saturated carbocycles. The highest BCUT2D eigenvalue weighted by atomic mass is 19.1. The Morgan fingerprint density at radius 2 is 1.92 bits per heavy atom. The van der Waals surface area contributed by atoms with Gasteiger partial charge < -0.3 is 5.32 Å². The zero-order valence-corrected chi connectivity index (χ0v) is 21.0. The Kier molecular flexibility index (Phi) is 5.84. The van der Waals surface area contributed by atoms with Crippen molar-refractivity contribution in [1.29, 1.82) is 5.26 Å². The summed E-state index contributed by atoms with van der Waals surface area (Å²) in [6.45, 7) is 7.82. The quantitative estimate of drug-likeness (QED) is 0.331. The molecule has 1 amide bonds. The van der Waals surface area contributed by atoms with Crippen molar-refractivity contribution in [3.05, 3.63) is 101 Å². The van der Waals surface area contributed by atoms with Gasteiger partial charge in [-0.3, -0.25) is 14.5 Å². The summed E-state index contributed by atoms with van der Waals surface area (Å²) in [4.78, 5) is 21.9. The zero-order chi connectivity index (χ0) is 26.3. The van der Waals surface area contributed by atoms with Crippen molar-refractivity contribution in [3.8, 4) is 23.0 Å². The van der Waals surface area contributed by atoms with Crippen molar-refractivity contribution in [2.24, 2.45) is 0 Å². The van der Waals surface area contributed by atoms with Crippen molar-refractivity contribution >= 4 is 17.2 Å². The lowest BCUT2D eigenvalue weighted by molar-refractivity contribution is 0.102. The number of aryl methyl sites for hydroxylation is 1. The van der Waals surface area contributed by atoms with Crippen molar-refractivity contribution in [2.75, 3.05) is 5.32 Å². The number of hydrogen-bond acceptors (Lipinski definition) is 4. The van der Waals surface area contributed by atoms with E-state index in [1.54, 1.807) is 36.8 Å². The molecule has 0 aliphatic carbocycles. The van der Waals surface area contributed by atoms with Gasteiger partial charge in [-0.15, -0.1) is 0 Å². The number of amides is 1. The number of pyridine rings is 1. The maximum atomic E-state index is 15.1. The predicted molar refractivity (Wildman–Crippen MR) is 140 cm³/mol. The molecule has 0 spiro atoms. The normalized spacial score (nSPS) is 11.5. The van der Waals surface area contributed by atoms with Gasteiger partial charge in [0.1, 0.15) is 5.82 Å². The minimum atomic E-state index is -0.552. The van der Waals surface area contributed by atoms with E-state index in [4.69, 9.17) is 0 Å². The van der Waals surface area contributed by atoms with Crippen LogP contribution in [0.15, 0.2) is 73.3 Å². The highest BCUT2D eigenvalue weighted by Gasteiger charge is 2.20. The van der Waals surface area contributed by atoms with Crippen LogP contribution in [-0.4, -0.2) is 25.1 Å². The first-order chi connectivity index (χ1) is 17.7. The summed E-state index contributed by atoms with van der Waals surface area (Å²) in [7, 11) is 0. The largest absolute Gasteiger partial charge is 0.319 e. The summed E-state index contributed by atoms with van der Waals surface area (Å²) < 4.78 is 18.8. The number of anilines is 1. The number of hydrogen-bond donors (Lipinski definition) is 1. The molecule has 5 aromatic rings. The summed E-state index contributed by atoms with van der Waals surface area (Å²) in [5, 5.41) is 12.2. The van der Waals surface area contributed by atoms with E-state index in [0.717, 1.165) is 22.5 Å². The van der Waals surface area contributed by atoms with Crippen molar-refractivity contribution < 1.29 is 9.18 Å². The third kappa shape index (κ3) is 4.47. The van der Waals surface area contributed by atoms with E-state index in [0.29, 0.717) is 22.4 Å². The molecular formula is C29H25FN6O. The molecule has 0 unspecified atom stereocenters. The van der Waals surface area contributed by atoms with Crippen LogP contribution in [0.25, 0.3) is 22.6 Å². The molecule has 0 aliphatic rings. The molecule has 37 heavy (non-hydrogen) atoms. The molecule has 3 aromatic heterocycles. The molecule has 0 atom stereocenters. The van der Waals surface area contributed by atoms with Crippen LogP contribution in [0.1, 0.15) is 47.8 Å². The molecule has 3 heterocycles. The van der Waals surface area contributed by atoms with E-state index >= 15 is 4.39 Å². The van der Waals surface area contributed by atoms with Gasteiger partial charge >= 0.3 is 0 Å². The SMILES string of the molecule is Cc1cc(F)c(NC(=O)c2cc(C#N)cc(C(C)(C)C)c2)cc1-n1ccc2ncc(-c3cccnc3)n21. The Labute approximate surface area is 213 Å². The predicted octanol–water partition coefficient (Wildman–Crippen LogP) is 6.06. The highest BCUT2D eigenvalue weighted by molar-refractivity contribution is 6.05. The summed E-state index contributed by atoms with van der Waals surface area (Å²) >= 11 is 0. The van der Waals surface area contributed by atoms with Gasteiger partial charge in [0.05, 0.1) is 34.9 Å². The molecule has 0 saturated heterocycles. The van der Waals surface area contributed by atoms with Crippen LogP contribution in [0.5, 0.6) is 0 Å². The summed E-state index contributed by atoms with van der Waals surface area (Å²) in [5.74, 6) is -1.05. The second-order valence-corrected chi connectivity index (χ2v) is 9.95. The molecule has 7 nitrogen and oxygen atoms in total. The Morgan fingerprint density at radius 3 is 2.62 bits per heavy atom. The molecule has 1 N–H and O–H groups in total. The maximum Gasteiger partial charge on any atom is 0.255 e. The first-order valence-corrected chi connectivity index (χ1v) is 11.8. The minimum absolute atomic E-state index is 0.0372. The first-order valence-electron chi connectivity index (χ1n) is 11.8. The van der Waals surface area contributed by atoms with Gasteiger partial charge in [-0.05, 0) is 65.9 Å². The number of imidazole rings is 1. The maximum absolute atomic E-state index is 15.1. The number of aromatic nitrogens is 4. The lowest BCUT2D eigenvalue weighted by Crippen LogP contribution is -2.17. The second kappa shape index (κ2) is 9.03. The van der Waals surface area contributed by atoms with E-state index in [1.165, 1.54) is 12.1 Å². The molecule has 5 rings (SSSR count). The van der Waals surface area contributed by atoms with Gasteiger partial charge in [-0.25, -0.2) is 13.9 Å². The Hall–Kier alpha value is -4.77. The average Bonchev–Trinajstić information content (AvgIpc) is 3.48. The average molecular weight is 493 g/mol. The molecule has 8 heteroatoms. The van der Waals surface area contributed by atoms with Crippen molar-refractivity contribution in [3.63, 3.8) is 0 Å². The fraction of sp³-hybridized carbons (Fsp3) is 0.172. The van der Waals surface area contributed by atoms with E-state index in [1.807, 2.05) is 61.3 Å². The standard InChI is InChI=1S/C29H25FN6O/c1-18-10-23(30)24(34-28(37)21-11-19(15-31)12-22(13-21)29(2,3)4)14-25(18)35-9-7-27-33-17-26(36(27)35)20-6-5-8-32-16-20/h5-14,16-17H,1-4H3,(H,34,37). The first kappa shape index (κ1) is 23.9. The van der Waals surface area contributed by atoms with Gasteiger partial charge in [-0.1, -0.05) is 20.8 Å². The number of nitriles is 1. The van der Waals surface area contributed by atoms with Crippen LogP contribution in [0.2, 0.25) is 0 Å². The van der Waals surface area contributed by atoms with Crippen LogP contribution in [0, 0.1) is 24.1 Å².